The second-order valence-electron chi connectivity index (χ2n) is 6.14. The number of nitrogens with one attached hydrogen (secondary N) is 1. The van der Waals surface area contributed by atoms with Crippen LogP contribution in [-0.4, -0.2) is 43.8 Å². The SMILES string of the molecule is N#Cc1ccc(NC2CCN(CC3CCOC3)CC2)cc1. The maximum absolute atomic E-state index is 8.81. The molecule has 0 aliphatic carbocycles. The first kappa shape index (κ1) is 14.4. The lowest BCUT2D eigenvalue weighted by molar-refractivity contribution is 0.154. The molecule has 2 fully saturated rings. The number of hydrogen-bond acceptors (Lipinski definition) is 4. The quantitative estimate of drug-likeness (QED) is 0.923. The Morgan fingerprint density at radius 2 is 1.95 bits per heavy atom. The minimum atomic E-state index is 0.550. The third-order valence-electron chi connectivity index (χ3n) is 4.51. The Morgan fingerprint density at radius 3 is 2.57 bits per heavy atom. The van der Waals surface area contributed by atoms with E-state index in [1.54, 1.807) is 0 Å². The fourth-order valence-corrected chi connectivity index (χ4v) is 3.23. The van der Waals surface area contributed by atoms with Gasteiger partial charge in [0.15, 0.2) is 0 Å². The molecule has 112 valence electrons. The van der Waals surface area contributed by atoms with Crippen LogP contribution in [0.5, 0.6) is 0 Å². The predicted octanol–water partition coefficient (Wildman–Crippen LogP) is 2.47. The minimum Gasteiger partial charge on any atom is -0.382 e. The van der Waals surface area contributed by atoms with E-state index >= 15 is 0 Å². The maximum Gasteiger partial charge on any atom is 0.0991 e. The monoisotopic (exact) mass is 285 g/mol. The topological polar surface area (TPSA) is 48.3 Å². The molecule has 4 heteroatoms. The van der Waals surface area contributed by atoms with Gasteiger partial charge < -0.3 is 15.0 Å². The summed E-state index contributed by atoms with van der Waals surface area (Å²) in [4.78, 5) is 2.58. The molecule has 2 aliphatic heterocycles. The van der Waals surface area contributed by atoms with Gasteiger partial charge in [-0.1, -0.05) is 0 Å². The van der Waals surface area contributed by atoms with Crippen molar-refractivity contribution in [1.29, 1.82) is 5.26 Å². The second kappa shape index (κ2) is 6.93. The lowest BCUT2D eigenvalue weighted by Crippen LogP contribution is -2.41. The summed E-state index contributed by atoms with van der Waals surface area (Å²) in [6, 6.07) is 10.4. The summed E-state index contributed by atoms with van der Waals surface area (Å²) in [6.45, 7) is 5.43. The Balaban J connectivity index is 1.43. The van der Waals surface area contributed by atoms with E-state index in [9.17, 15) is 0 Å². The van der Waals surface area contributed by atoms with Gasteiger partial charge in [0.2, 0.25) is 0 Å². The molecule has 3 rings (SSSR count). The second-order valence-corrected chi connectivity index (χ2v) is 6.14. The van der Waals surface area contributed by atoms with Crippen molar-refractivity contribution in [3.63, 3.8) is 0 Å². The number of ether oxygens (including phenoxy) is 1. The number of likely N-dealkylation sites (tertiary alicyclic amines) is 1. The normalized spacial score (nSPS) is 23.9. The van der Waals surface area contributed by atoms with Crippen molar-refractivity contribution in [2.75, 3.05) is 38.2 Å². The highest BCUT2D eigenvalue weighted by Crippen LogP contribution is 2.20. The number of piperidine rings is 1. The third-order valence-corrected chi connectivity index (χ3v) is 4.51. The molecule has 1 aromatic rings. The first-order valence-corrected chi connectivity index (χ1v) is 7.90. The molecule has 0 saturated carbocycles. The summed E-state index contributed by atoms with van der Waals surface area (Å²) >= 11 is 0. The van der Waals surface area contributed by atoms with Crippen LogP contribution in [0.1, 0.15) is 24.8 Å². The number of anilines is 1. The van der Waals surface area contributed by atoms with Gasteiger partial charge in [0.25, 0.3) is 0 Å². The summed E-state index contributed by atoms with van der Waals surface area (Å²) in [6.07, 6.45) is 3.60. The van der Waals surface area contributed by atoms with Crippen LogP contribution >= 0.6 is 0 Å². The average molecular weight is 285 g/mol. The van der Waals surface area contributed by atoms with Gasteiger partial charge in [0.05, 0.1) is 18.2 Å². The minimum absolute atomic E-state index is 0.550. The van der Waals surface area contributed by atoms with Crippen molar-refractivity contribution in [3.8, 4) is 6.07 Å². The van der Waals surface area contributed by atoms with Crippen LogP contribution in [0.2, 0.25) is 0 Å². The van der Waals surface area contributed by atoms with Crippen LogP contribution in [0, 0.1) is 17.2 Å². The Bertz CT molecular complexity index is 480. The van der Waals surface area contributed by atoms with E-state index in [1.807, 2.05) is 24.3 Å². The summed E-state index contributed by atoms with van der Waals surface area (Å²) in [7, 11) is 0. The number of nitriles is 1. The molecule has 2 aliphatic rings. The fraction of sp³-hybridized carbons (Fsp3) is 0.588. The highest BCUT2D eigenvalue weighted by molar-refractivity contribution is 5.47. The Morgan fingerprint density at radius 1 is 1.19 bits per heavy atom. The number of nitrogens with zero attached hydrogens (tertiary/aromatic N) is 2. The van der Waals surface area contributed by atoms with Crippen molar-refractivity contribution < 1.29 is 4.74 Å². The Hall–Kier alpha value is -1.57. The highest BCUT2D eigenvalue weighted by atomic mass is 16.5. The molecule has 2 saturated heterocycles. The highest BCUT2D eigenvalue weighted by Gasteiger charge is 2.23. The third kappa shape index (κ3) is 3.96. The molecule has 4 nitrogen and oxygen atoms in total. The largest absolute Gasteiger partial charge is 0.382 e. The van der Waals surface area contributed by atoms with Crippen LogP contribution < -0.4 is 5.32 Å². The van der Waals surface area contributed by atoms with E-state index in [0.29, 0.717) is 11.6 Å². The van der Waals surface area contributed by atoms with Crippen LogP contribution in [0.15, 0.2) is 24.3 Å². The fourth-order valence-electron chi connectivity index (χ4n) is 3.23. The Labute approximate surface area is 126 Å². The summed E-state index contributed by atoms with van der Waals surface area (Å²) in [5, 5.41) is 12.4. The van der Waals surface area contributed by atoms with Gasteiger partial charge in [0, 0.05) is 38.0 Å². The van der Waals surface area contributed by atoms with Gasteiger partial charge in [0.1, 0.15) is 0 Å². The van der Waals surface area contributed by atoms with Crippen LogP contribution in [0.3, 0.4) is 0 Å². The Kier molecular flexibility index (Phi) is 4.74. The van der Waals surface area contributed by atoms with Crippen molar-refractivity contribution in [1.82, 2.24) is 4.90 Å². The smallest absolute Gasteiger partial charge is 0.0991 e. The molecule has 21 heavy (non-hydrogen) atoms. The van der Waals surface area contributed by atoms with E-state index in [0.717, 1.165) is 24.8 Å². The molecule has 2 heterocycles. The van der Waals surface area contributed by atoms with Gasteiger partial charge in [-0.05, 0) is 49.4 Å². The first-order valence-electron chi connectivity index (χ1n) is 7.90. The molecule has 0 bridgehead atoms. The molecule has 1 atom stereocenters. The maximum atomic E-state index is 8.81. The molecule has 1 N–H and O–H groups in total. The summed E-state index contributed by atoms with van der Waals surface area (Å²) < 4.78 is 5.46. The molecule has 0 radical (unpaired) electrons. The zero-order valence-electron chi connectivity index (χ0n) is 12.4. The molecule has 1 aromatic carbocycles. The van der Waals surface area contributed by atoms with Crippen LogP contribution in [-0.2, 0) is 4.74 Å². The van der Waals surface area contributed by atoms with E-state index in [4.69, 9.17) is 10.00 Å². The molecular weight excluding hydrogens is 262 g/mol. The number of rotatable bonds is 4. The van der Waals surface area contributed by atoms with Crippen molar-refractivity contribution in [2.24, 2.45) is 5.92 Å². The van der Waals surface area contributed by atoms with Crippen LogP contribution in [0.4, 0.5) is 5.69 Å². The van der Waals surface area contributed by atoms with Gasteiger partial charge >= 0.3 is 0 Å². The van der Waals surface area contributed by atoms with Gasteiger partial charge in [-0.15, -0.1) is 0 Å². The molecule has 0 aromatic heterocycles. The van der Waals surface area contributed by atoms with Crippen molar-refractivity contribution >= 4 is 5.69 Å². The van der Waals surface area contributed by atoms with E-state index in [1.165, 1.54) is 38.9 Å². The molecule has 0 spiro atoms. The molecule has 1 unspecified atom stereocenters. The van der Waals surface area contributed by atoms with Gasteiger partial charge in [-0.25, -0.2) is 0 Å². The molecular formula is C17H23N3O. The average Bonchev–Trinajstić information content (AvgIpc) is 3.03. The summed E-state index contributed by atoms with van der Waals surface area (Å²) in [5.41, 5.74) is 1.84. The van der Waals surface area contributed by atoms with E-state index in [-0.39, 0.29) is 0 Å². The lowest BCUT2D eigenvalue weighted by atomic mass is 10.0. The zero-order valence-corrected chi connectivity index (χ0v) is 12.4. The van der Waals surface area contributed by atoms with E-state index < -0.39 is 0 Å². The lowest BCUT2D eigenvalue weighted by Gasteiger charge is -2.34. The van der Waals surface area contributed by atoms with Crippen LogP contribution in [0.25, 0.3) is 0 Å². The van der Waals surface area contributed by atoms with E-state index in [2.05, 4.69) is 16.3 Å². The summed E-state index contributed by atoms with van der Waals surface area (Å²) in [5.74, 6) is 0.744. The standard InChI is InChI=1S/C17H23N3O/c18-11-14-1-3-16(4-2-14)19-17-5-8-20(9-6-17)12-15-7-10-21-13-15/h1-4,15,17,19H,5-10,12-13H2. The predicted molar refractivity (Wildman–Crippen MR) is 83.2 cm³/mol. The number of benzene rings is 1. The molecule has 0 amide bonds. The van der Waals surface area contributed by atoms with Gasteiger partial charge in [-0.2, -0.15) is 5.26 Å². The van der Waals surface area contributed by atoms with Crippen molar-refractivity contribution in [3.05, 3.63) is 29.8 Å². The first-order chi connectivity index (χ1) is 10.3. The zero-order chi connectivity index (χ0) is 14.5. The van der Waals surface area contributed by atoms with Gasteiger partial charge in [-0.3, -0.25) is 0 Å². The number of hydrogen-bond donors (Lipinski definition) is 1. The van der Waals surface area contributed by atoms with Crippen molar-refractivity contribution in [2.45, 2.75) is 25.3 Å².